The normalized spacial score (nSPS) is 21.9. The van der Waals surface area contributed by atoms with Gasteiger partial charge in [-0.05, 0) is 18.9 Å². The molecule has 1 aromatic rings. The minimum absolute atomic E-state index is 0.319. The van der Waals surface area contributed by atoms with E-state index in [0.29, 0.717) is 18.4 Å². The van der Waals surface area contributed by atoms with Gasteiger partial charge in [-0.25, -0.2) is 4.39 Å². The van der Waals surface area contributed by atoms with E-state index >= 15 is 0 Å². The van der Waals surface area contributed by atoms with Crippen molar-refractivity contribution in [3.63, 3.8) is 0 Å². The number of hydrogen-bond donors (Lipinski definition) is 2. The van der Waals surface area contributed by atoms with Crippen LogP contribution in [0.1, 0.15) is 56.6 Å². The van der Waals surface area contributed by atoms with Gasteiger partial charge in [-0.1, -0.05) is 50.3 Å². The highest BCUT2D eigenvalue weighted by Gasteiger charge is 2.36. The lowest BCUT2D eigenvalue weighted by Gasteiger charge is -2.36. The van der Waals surface area contributed by atoms with Crippen LogP contribution in [0.4, 0.5) is 4.39 Å². The second-order valence-corrected chi connectivity index (χ2v) is 5.37. The number of aliphatic hydroxyl groups is 1. The predicted octanol–water partition coefficient (Wildman–Crippen LogP) is 3.30. The lowest BCUT2D eigenvalue weighted by Crippen LogP contribution is -2.42. The third-order valence-electron chi connectivity index (χ3n) is 4.04. The molecule has 2 nitrogen and oxygen atoms in total. The molecule has 0 spiro atoms. The molecule has 3 heteroatoms. The first-order valence-corrected chi connectivity index (χ1v) is 6.86. The van der Waals surface area contributed by atoms with E-state index in [1.807, 2.05) is 0 Å². The minimum atomic E-state index is -0.956. The summed E-state index contributed by atoms with van der Waals surface area (Å²) in [4.78, 5) is 0. The molecule has 1 atom stereocenters. The fourth-order valence-corrected chi connectivity index (χ4v) is 2.85. The molecule has 1 aliphatic carbocycles. The van der Waals surface area contributed by atoms with Gasteiger partial charge in [0.05, 0.1) is 11.6 Å². The largest absolute Gasteiger partial charge is 0.388 e. The molecule has 0 heterocycles. The summed E-state index contributed by atoms with van der Waals surface area (Å²) in [7, 11) is 0. The van der Waals surface area contributed by atoms with Crippen molar-refractivity contribution in [3.05, 3.63) is 35.6 Å². The average molecular weight is 251 g/mol. The van der Waals surface area contributed by atoms with Gasteiger partial charge in [-0.15, -0.1) is 0 Å². The molecule has 0 amide bonds. The SMILES string of the molecule is NC(c1ccccc1F)C1(O)CCCCCCC1. The highest BCUT2D eigenvalue weighted by molar-refractivity contribution is 5.23. The number of benzene rings is 1. The van der Waals surface area contributed by atoms with Crippen LogP contribution in [0.2, 0.25) is 0 Å². The summed E-state index contributed by atoms with van der Waals surface area (Å²) >= 11 is 0. The van der Waals surface area contributed by atoms with Crippen LogP contribution in [0.15, 0.2) is 24.3 Å². The summed E-state index contributed by atoms with van der Waals surface area (Å²) in [5, 5.41) is 10.7. The van der Waals surface area contributed by atoms with E-state index < -0.39 is 11.6 Å². The van der Waals surface area contributed by atoms with Crippen LogP contribution in [0.3, 0.4) is 0 Å². The van der Waals surface area contributed by atoms with Gasteiger partial charge >= 0.3 is 0 Å². The topological polar surface area (TPSA) is 46.2 Å². The Morgan fingerprint density at radius 3 is 2.22 bits per heavy atom. The molecule has 1 fully saturated rings. The zero-order valence-electron chi connectivity index (χ0n) is 10.7. The third kappa shape index (κ3) is 2.90. The van der Waals surface area contributed by atoms with Crippen LogP contribution in [-0.4, -0.2) is 10.7 Å². The van der Waals surface area contributed by atoms with E-state index in [1.165, 1.54) is 12.5 Å². The van der Waals surface area contributed by atoms with Crippen molar-refractivity contribution < 1.29 is 9.50 Å². The third-order valence-corrected chi connectivity index (χ3v) is 4.04. The van der Waals surface area contributed by atoms with E-state index in [1.54, 1.807) is 18.2 Å². The van der Waals surface area contributed by atoms with Gasteiger partial charge < -0.3 is 10.8 Å². The molecular weight excluding hydrogens is 229 g/mol. The summed E-state index contributed by atoms with van der Waals surface area (Å²) in [5.74, 6) is -0.319. The maximum atomic E-state index is 13.8. The van der Waals surface area contributed by atoms with Gasteiger partial charge in [-0.2, -0.15) is 0 Å². The van der Waals surface area contributed by atoms with Gasteiger partial charge in [0.2, 0.25) is 0 Å². The van der Waals surface area contributed by atoms with Gasteiger partial charge in [0.1, 0.15) is 5.82 Å². The van der Waals surface area contributed by atoms with Crippen molar-refractivity contribution in [1.29, 1.82) is 0 Å². The second kappa shape index (κ2) is 5.81. The highest BCUT2D eigenvalue weighted by atomic mass is 19.1. The fraction of sp³-hybridized carbons (Fsp3) is 0.600. The molecule has 100 valence electrons. The predicted molar refractivity (Wildman–Crippen MR) is 70.6 cm³/mol. The van der Waals surface area contributed by atoms with Crippen molar-refractivity contribution in [1.82, 2.24) is 0 Å². The van der Waals surface area contributed by atoms with Gasteiger partial charge in [-0.3, -0.25) is 0 Å². The Morgan fingerprint density at radius 1 is 1.06 bits per heavy atom. The molecule has 18 heavy (non-hydrogen) atoms. The summed E-state index contributed by atoms with van der Waals surface area (Å²) in [6, 6.07) is 5.87. The number of nitrogens with two attached hydrogens (primary N) is 1. The standard InChI is InChI=1S/C15H22FNO/c16-13-9-5-4-8-12(13)14(17)15(18)10-6-2-1-3-7-11-15/h4-5,8-9,14,18H,1-3,6-7,10-11,17H2. The van der Waals surface area contributed by atoms with Gasteiger partial charge in [0.15, 0.2) is 0 Å². The molecule has 0 bridgehead atoms. The van der Waals surface area contributed by atoms with Crippen LogP contribution >= 0.6 is 0 Å². The fourth-order valence-electron chi connectivity index (χ4n) is 2.85. The highest BCUT2D eigenvalue weighted by Crippen LogP contribution is 2.36. The van der Waals surface area contributed by atoms with E-state index in [-0.39, 0.29) is 5.82 Å². The summed E-state index contributed by atoms with van der Waals surface area (Å²) in [5.41, 5.74) is 5.61. The average Bonchev–Trinajstić information content (AvgIpc) is 2.34. The Kier molecular flexibility index (Phi) is 4.36. The van der Waals surface area contributed by atoms with Crippen LogP contribution in [0.25, 0.3) is 0 Å². The Labute approximate surface area is 108 Å². The van der Waals surface area contributed by atoms with Gasteiger partial charge in [0, 0.05) is 5.56 Å². The minimum Gasteiger partial charge on any atom is -0.388 e. The maximum absolute atomic E-state index is 13.8. The Bertz CT molecular complexity index is 386. The second-order valence-electron chi connectivity index (χ2n) is 5.37. The molecule has 0 aromatic heterocycles. The quantitative estimate of drug-likeness (QED) is 0.847. The Morgan fingerprint density at radius 2 is 1.61 bits per heavy atom. The summed E-state index contributed by atoms with van der Waals surface area (Å²) < 4.78 is 13.8. The monoisotopic (exact) mass is 251 g/mol. The van der Waals surface area contributed by atoms with Crippen LogP contribution in [0, 0.1) is 5.82 Å². The molecule has 1 unspecified atom stereocenters. The molecule has 0 radical (unpaired) electrons. The number of rotatable bonds is 2. The van der Waals surface area contributed by atoms with Crippen molar-refractivity contribution in [3.8, 4) is 0 Å². The first kappa shape index (κ1) is 13.5. The zero-order valence-corrected chi connectivity index (χ0v) is 10.7. The van der Waals surface area contributed by atoms with Crippen molar-refractivity contribution in [2.45, 2.75) is 56.6 Å². The lowest BCUT2D eigenvalue weighted by atomic mass is 9.79. The molecule has 2 rings (SSSR count). The summed E-state index contributed by atoms with van der Waals surface area (Å²) in [6.07, 6.45) is 6.77. The molecular formula is C15H22FNO. The first-order chi connectivity index (χ1) is 8.63. The van der Waals surface area contributed by atoms with Crippen LogP contribution < -0.4 is 5.73 Å². The number of hydrogen-bond acceptors (Lipinski definition) is 2. The van der Waals surface area contributed by atoms with E-state index in [2.05, 4.69) is 0 Å². The smallest absolute Gasteiger partial charge is 0.128 e. The van der Waals surface area contributed by atoms with Crippen LogP contribution in [-0.2, 0) is 0 Å². The number of halogens is 1. The van der Waals surface area contributed by atoms with Crippen molar-refractivity contribution >= 4 is 0 Å². The van der Waals surface area contributed by atoms with E-state index in [4.69, 9.17) is 5.73 Å². The molecule has 1 aliphatic rings. The maximum Gasteiger partial charge on any atom is 0.128 e. The molecule has 3 N–H and O–H groups in total. The van der Waals surface area contributed by atoms with Crippen molar-refractivity contribution in [2.24, 2.45) is 5.73 Å². The Hall–Kier alpha value is -0.930. The molecule has 0 aliphatic heterocycles. The van der Waals surface area contributed by atoms with Crippen molar-refractivity contribution in [2.75, 3.05) is 0 Å². The lowest BCUT2D eigenvalue weighted by molar-refractivity contribution is -0.0119. The zero-order chi connectivity index (χ0) is 13.0. The van der Waals surface area contributed by atoms with E-state index in [0.717, 1.165) is 25.7 Å². The first-order valence-electron chi connectivity index (χ1n) is 6.86. The molecule has 1 saturated carbocycles. The molecule has 1 aromatic carbocycles. The van der Waals surface area contributed by atoms with Crippen LogP contribution in [0.5, 0.6) is 0 Å². The van der Waals surface area contributed by atoms with E-state index in [9.17, 15) is 9.50 Å². The summed E-state index contributed by atoms with van der Waals surface area (Å²) in [6.45, 7) is 0. The molecule has 0 saturated heterocycles. The van der Waals surface area contributed by atoms with Gasteiger partial charge in [0.25, 0.3) is 0 Å². The Balaban J connectivity index is 2.19.